The third kappa shape index (κ3) is 4.42. The van der Waals surface area contributed by atoms with Gasteiger partial charge in [-0.2, -0.15) is 0 Å². The maximum atomic E-state index is 12.8. The van der Waals surface area contributed by atoms with Crippen LogP contribution in [0.5, 0.6) is 5.75 Å². The van der Waals surface area contributed by atoms with E-state index < -0.39 is 0 Å². The van der Waals surface area contributed by atoms with E-state index in [1.165, 1.54) is 0 Å². The summed E-state index contributed by atoms with van der Waals surface area (Å²) in [5.41, 5.74) is 1.79. The molecule has 0 fully saturated rings. The molecule has 1 aromatic carbocycles. The van der Waals surface area contributed by atoms with Crippen LogP contribution >= 0.6 is 0 Å². The number of imidazole rings is 1. The Bertz CT molecular complexity index is 869. The van der Waals surface area contributed by atoms with Crippen LogP contribution in [0.15, 0.2) is 36.9 Å². The average molecular weight is 382 g/mol. The van der Waals surface area contributed by atoms with Crippen LogP contribution in [0.25, 0.3) is 0 Å². The number of carbonyl (C=O) groups is 2. The number of amides is 2. The van der Waals surface area contributed by atoms with Gasteiger partial charge in [0.05, 0.1) is 11.8 Å². The van der Waals surface area contributed by atoms with Crippen LogP contribution in [-0.4, -0.2) is 34.0 Å². The largest absolute Gasteiger partial charge is 0.491 e. The Labute approximate surface area is 164 Å². The van der Waals surface area contributed by atoms with Crippen molar-refractivity contribution in [3.63, 3.8) is 0 Å². The van der Waals surface area contributed by atoms with E-state index in [0.717, 1.165) is 30.7 Å². The Morgan fingerprint density at radius 3 is 2.68 bits per heavy atom. The number of hydrogen-bond acceptors (Lipinski definition) is 4. The van der Waals surface area contributed by atoms with Crippen molar-refractivity contribution >= 4 is 17.5 Å². The number of nitrogens with zero attached hydrogens (tertiary/aromatic N) is 2. The van der Waals surface area contributed by atoms with Crippen molar-refractivity contribution in [3.8, 4) is 5.75 Å². The molecule has 0 atom stereocenters. The van der Waals surface area contributed by atoms with Gasteiger partial charge in [-0.15, -0.1) is 6.58 Å². The lowest BCUT2D eigenvalue weighted by Gasteiger charge is -2.17. The van der Waals surface area contributed by atoms with E-state index in [1.807, 2.05) is 30.5 Å². The van der Waals surface area contributed by atoms with Crippen LogP contribution < -0.4 is 15.4 Å². The number of nitrogens with one attached hydrogen (secondary N) is 2. The van der Waals surface area contributed by atoms with Crippen molar-refractivity contribution in [3.05, 3.63) is 54.1 Å². The maximum absolute atomic E-state index is 12.8. The summed E-state index contributed by atoms with van der Waals surface area (Å²) in [5.74, 6) is 0.400. The normalized spacial score (nSPS) is 13.0. The Kier molecular flexibility index (Phi) is 6.13. The fourth-order valence-corrected chi connectivity index (χ4v) is 3.22. The highest BCUT2D eigenvalue weighted by Gasteiger charge is 2.27. The van der Waals surface area contributed by atoms with E-state index >= 15 is 0 Å². The highest BCUT2D eigenvalue weighted by molar-refractivity contribution is 6.03. The Morgan fingerprint density at radius 1 is 1.25 bits per heavy atom. The zero-order chi connectivity index (χ0) is 20.1. The van der Waals surface area contributed by atoms with Gasteiger partial charge in [-0.05, 0) is 57.4 Å². The molecule has 2 aromatic rings. The number of anilines is 1. The summed E-state index contributed by atoms with van der Waals surface area (Å²) >= 11 is 0. The van der Waals surface area contributed by atoms with Crippen molar-refractivity contribution in [1.82, 2.24) is 14.9 Å². The minimum atomic E-state index is -0.330. The third-order valence-electron chi connectivity index (χ3n) is 4.43. The molecule has 0 saturated carbocycles. The van der Waals surface area contributed by atoms with Crippen LogP contribution in [0.3, 0.4) is 0 Å². The van der Waals surface area contributed by atoms with Crippen LogP contribution in [0.4, 0.5) is 5.69 Å². The monoisotopic (exact) mass is 382 g/mol. The summed E-state index contributed by atoms with van der Waals surface area (Å²) in [5, 5.41) is 5.60. The molecule has 2 amide bonds. The first-order valence-electron chi connectivity index (χ1n) is 9.56. The zero-order valence-corrected chi connectivity index (χ0v) is 16.3. The van der Waals surface area contributed by atoms with Crippen molar-refractivity contribution in [1.29, 1.82) is 0 Å². The topological polar surface area (TPSA) is 85.2 Å². The lowest BCUT2D eigenvalue weighted by molar-refractivity contribution is 0.0952. The third-order valence-corrected chi connectivity index (χ3v) is 4.43. The average Bonchev–Trinajstić information content (AvgIpc) is 3.07. The summed E-state index contributed by atoms with van der Waals surface area (Å²) in [4.78, 5) is 29.6. The van der Waals surface area contributed by atoms with Gasteiger partial charge in [-0.3, -0.25) is 9.59 Å². The smallest absolute Gasteiger partial charge is 0.291 e. The van der Waals surface area contributed by atoms with E-state index in [1.54, 1.807) is 18.2 Å². The molecule has 7 heteroatoms. The highest BCUT2D eigenvalue weighted by atomic mass is 16.5. The van der Waals surface area contributed by atoms with Crippen LogP contribution in [0.2, 0.25) is 0 Å². The second-order valence-corrected chi connectivity index (χ2v) is 6.98. The van der Waals surface area contributed by atoms with Gasteiger partial charge in [0, 0.05) is 18.8 Å². The number of hydrogen-bond donors (Lipinski definition) is 2. The number of fused-ring (bicyclic) bond motifs is 1. The summed E-state index contributed by atoms with van der Waals surface area (Å²) in [6.45, 7) is 8.56. The van der Waals surface area contributed by atoms with Gasteiger partial charge in [0.25, 0.3) is 11.8 Å². The first-order valence-corrected chi connectivity index (χ1v) is 9.56. The van der Waals surface area contributed by atoms with Crippen molar-refractivity contribution < 1.29 is 14.3 Å². The van der Waals surface area contributed by atoms with Gasteiger partial charge in [0.2, 0.25) is 0 Å². The molecule has 3 rings (SSSR count). The molecule has 148 valence electrons. The van der Waals surface area contributed by atoms with Crippen molar-refractivity contribution in [2.75, 3.05) is 11.9 Å². The first-order chi connectivity index (χ1) is 13.5. The second-order valence-electron chi connectivity index (χ2n) is 6.98. The molecule has 0 aliphatic carbocycles. The van der Waals surface area contributed by atoms with Crippen LogP contribution in [0, 0.1) is 0 Å². The number of aromatic nitrogens is 2. The van der Waals surface area contributed by atoms with Crippen LogP contribution in [-0.2, 0) is 13.0 Å². The SMILES string of the molecule is C=CCNC(=O)c1nc(C(=O)Nc2ccc(OC(C)C)cc2)n2c1CCCC2. The van der Waals surface area contributed by atoms with Crippen LogP contribution in [0.1, 0.15) is 53.5 Å². The molecule has 1 aliphatic heterocycles. The Hall–Kier alpha value is -3.09. The van der Waals surface area contributed by atoms with E-state index in [2.05, 4.69) is 22.2 Å². The molecule has 2 N–H and O–H groups in total. The molecular formula is C21H26N4O3. The predicted octanol–water partition coefficient (Wildman–Crippen LogP) is 3.17. The minimum absolute atomic E-state index is 0.0857. The molecule has 1 aliphatic rings. The predicted molar refractivity (Wildman–Crippen MR) is 108 cm³/mol. The molecule has 0 radical (unpaired) electrons. The molecule has 0 bridgehead atoms. The minimum Gasteiger partial charge on any atom is -0.491 e. The zero-order valence-electron chi connectivity index (χ0n) is 16.3. The number of ether oxygens (including phenoxy) is 1. The van der Waals surface area contributed by atoms with E-state index in [0.29, 0.717) is 24.5 Å². The lowest BCUT2D eigenvalue weighted by Crippen LogP contribution is -2.25. The fourth-order valence-electron chi connectivity index (χ4n) is 3.22. The Morgan fingerprint density at radius 2 is 2.00 bits per heavy atom. The molecule has 28 heavy (non-hydrogen) atoms. The second kappa shape index (κ2) is 8.73. The van der Waals surface area contributed by atoms with Gasteiger partial charge in [-0.25, -0.2) is 4.98 Å². The molecule has 1 aromatic heterocycles. The molecular weight excluding hydrogens is 356 g/mol. The molecule has 2 heterocycles. The molecule has 0 saturated heterocycles. The summed E-state index contributed by atoms with van der Waals surface area (Å²) in [6, 6.07) is 7.19. The summed E-state index contributed by atoms with van der Waals surface area (Å²) in [6.07, 6.45) is 4.37. The van der Waals surface area contributed by atoms with Crippen molar-refractivity contribution in [2.45, 2.75) is 45.8 Å². The van der Waals surface area contributed by atoms with Gasteiger partial charge < -0.3 is 19.9 Å². The standard InChI is InChI=1S/C21H26N4O3/c1-4-12-22-20(26)18-17-7-5-6-13-25(17)19(24-18)21(27)23-15-8-10-16(11-9-15)28-14(2)3/h4,8-11,14H,1,5-7,12-13H2,2-3H3,(H,22,26)(H,23,27). The number of rotatable bonds is 7. The lowest BCUT2D eigenvalue weighted by atomic mass is 10.1. The highest BCUT2D eigenvalue weighted by Crippen LogP contribution is 2.23. The molecule has 7 nitrogen and oxygen atoms in total. The van der Waals surface area contributed by atoms with Gasteiger partial charge in [-0.1, -0.05) is 6.08 Å². The van der Waals surface area contributed by atoms with Crippen molar-refractivity contribution in [2.24, 2.45) is 0 Å². The fraction of sp³-hybridized carbons (Fsp3) is 0.381. The Balaban J connectivity index is 1.80. The quantitative estimate of drug-likeness (QED) is 0.720. The van der Waals surface area contributed by atoms with Gasteiger partial charge in [0.1, 0.15) is 11.4 Å². The van der Waals surface area contributed by atoms with Gasteiger partial charge >= 0.3 is 0 Å². The molecule has 0 unspecified atom stereocenters. The van der Waals surface area contributed by atoms with E-state index in [4.69, 9.17) is 4.74 Å². The van der Waals surface area contributed by atoms with E-state index in [9.17, 15) is 9.59 Å². The summed E-state index contributed by atoms with van der Waals surface area (Å²) in [7, 11) is 0. The summed E-state index contributed by atoms with van der Waals surface area (Å²) < 4.78 is 7.47. The first kappa shape index (κ1) is 19.7. The van der Waals surface area contributed by atoms with Gasteiger partial charge in [0.15, 0.2) is 5.82 Å². The maximum Gasteiger partial charge on any atom is 0.291 e. The molecule has 0 spiro atoms. The van der Waals surface area contributed by atoms with E-state index in [-0.39, 0.29) is 23.7 Å². The number of benzene rings is 1. The number of carbonyl (C=O) groups excluding carboxylic acids is 2.